The molecule has 0 bridgehead atoms. The first-order valence-electron chi connectivity index (χ1n) is 4.50. The van der Waals surface area contributed by atoms with Gasteiger partial charge in [-0.2, -0.15) is 0 Å². The molecule has 0 aliphatic rings. The highest BCUT2D eigenvalue weighted by molar-refractivity contribution is 5.70. The monoisotopic (exact) mass is 203 g/mol. The van der Waals surface area contributed by atoms with Crippen molar-refractivity contribution in [3.63, 3.8) is 0 Å². The summed E-state index contributed by atoms with van der Waals surface area (Å²) in [7, 11) is 3.75. The van der Waals surface area contributed by atoms with Crippen molar-refractivity contribution in [3.8, 4) is 0 Å². The molecule has 0 saturated carbocycles. The van der Waals surface area contributed by atoms with Gasteiger partial charge in [-0.15, -0.1) is 0 Å². The van der Waals surface area contributed by atoms with E-state index in [1.807, 2.05) is 19.0 Å². The van der Waals surface area contributed by atoms with Gasteiger partial charge in [-0.25, -0.2) is 0 Å². The third-order valence-corrected chi connectivity index (χ3v) is 1.91. The Bertz CT molecular complexity index is 187. The summed E-state index contributed by atoms with van der Waals surface area (Å²) >= 11 is 0. The van der Waals surface area contributed by atoms with Crippen molar-refractivity contribution in [2.24, 2.45) is 5.92 Å². The number of rotatable bonds is 7. The number of carboxylic acid groups (broad SMARTS) is 2. The molecule has 0 rings (SSSR count). The van der Waals surface area contributed by atoms with E-state index in [-0.39, 0.29) is 18.8 Å². The summed E-state index contributed by atoms with van der Waals surface area (Å²) in [6, 6.07) is 0. The van der Waals surface area contributed by atoms with Crippen LogP contribution >= 0.6 is 0 Å². The second kappa shape index (κ2) is 6.37. The summed E-state index contributed by atoms with van der Waals surface area (Å²) in [6.45, 7) is 0.714. The molecule has 0 heterocycles. The molecule has 5 heteroatoms. The zero-order valence-electron chi connectivity index (χ0n) is 8.56. The molecule has 0 aliphatic carbocycles. The minimum Gasteiger partial charge on any atom is -0.481 e. The zero-order chi connectivity index (χ0) is 11.1. The highest BCUT2D eigenvalue weighted by Crippen LogP contribution is 2.13. The van der Waals surface area contributed by atoms with Gasteiger partial charge in [0.15, 0.2) is 0 Å². The van der Waals surface area contributed by atoms with E-state index >= 15 is 0 Å². The Morgan fingerprint density at radius 2 is 1.57 bits per heavy atom. The molecule has 0 amide bonds. The Kier molecular flexibility index (Phi) is 5.87. The van der Waals surface area contributed by atoms with Gasteiger partial charge >= 0.3 is 11.9 Å². The van der Waals surface area contributed by atoms with Crippen molar-refractivity contribution in [3.05, 3.63) is 0 Å². The van der Waals surface area contributed by atoms with Crippen LogP contribution in [0.5, 0.6) is 0 Å². The average molecular weight is 203 g/mol. The fourth-order valence-electron chi connectivity index (χ4n) is 1.21. The van der Waals surface area contributed by atoms with Crippen LogP contribution in [0.4, 0.5) is 0 Å². The smallest absolute Gasteiger partial charge is 0.303 e. The van der Waals surface area contributed by atoms with Gasteiger partial charge in [0.05, 0.1) is 0 Å². The quantitative estimate of drug-likeness (QED) is 0.630. The standard InChI is InChI=1S/C9H17NO4/c1-10(2)4-3-7(5-8(11)12)6-9(13)14/h7H,3-6H2,1-2H3,(H,11,12)(H,13,14). The fourth-order valence-corrected chi connectivity index (χ4v) is 1.21. The van der Waals surface area contributed by atoms with Crippen molar-refractivity contribution >= 4 is 11.9 Å². The zero-order valence-corrected chi connectivity index (χ0v) is 8.56. The maximum Gasteiger partial charge on any atom is 0.303 e. The second-order valence-corrected chi connectivity index (χ2v) is 3.65. The van der Waals surface area contributed by atoms with Crippen molar-refractivity contribution in [2.45, 2.75) is 19.3 Å². The predicted octanol–water partition coefficient (Wildman–Crippen LogP) is 0.504. The summed E-state index contributed by atoms with van der Waals surface area (Å²) in [5.74, 6) is -2.14. The van der Waals surface area contributed by atoms with E-state index in [9.17, 15) is 9.59 Å². The lowest BCUT2D eigenvalue weighted by Gasteiger charge is -2.15. The molecule has 2 N–H and O–H groups in total. The molecular formula is C9H17NO4. The summed E-state index contributed by atoms with van der Waals surface area (Å²) in [6.07, 6.45) is 0.464. The molecule has 0 aliphatic heterocycles. The van der Waals surface area contributed by atoms with Gasteiger partial charge in [0, 0.05) is 12.8 Å². The summed E-state index contributed by atoms with van der Waals surface area (Å²) in [5.41, 5.74) is 0. The van der Waals surface area contributed by atoms with Gasteiger partial charge in [-0.1, -0.05) is 0 Å². The van der Waals surface area contributed by atoms with Crippen molar-refractivity contribution in [1.29, 1.82) is 0 Å². The minimum absolute atomic E-state index is 0.0693. The third-order valence-electron chi connectivity index (χ3n) is 1.91. The van der Waals surface area contributed by atoms with Crippen LogP contribution in [-0.2, 0) is 9.59 Å². The van der Waals surface area contributed by atoms with Gasteiger partial charge in [0.1, 0.15) is 0 Å². The van der Waals surface area contributed by atoms with Crippen molar-refractivity contribution < 1.29 is 19.8 Å². The van der Waals surface area contributed by atoms with Crippen molar-refractivity contribution in [1.82, 2.24) is 4.90 Å². The van der Waals surface area contributed by atoms with Crippen LogP contribution in [0.2, 0.25) is 0 Å². The summed E-state index contributed by atoms with van der Waals surface area (Å²) < 4.78 is 0. The van der Waals surface area contributed by atoms with E-state index in [4.69, 9.17) is 10.2 Å². The van der Waals surface area contributed by atoms with Crippen LogP contribution < -0.4 is 0 Å². The van der Waals surface area contributed by atoms with Crippen LogP contribution in [-0.4, -0.2) is 47.7 Å². The molecule has 82 valence electrons. The van der Waals surface area contributed by atoms with Gasteiger partial charge in [0.25, 0.3) is 0 Å². The topological polar surface area (TPSA) is 77.8 Å². The average Bonchev–Trinajstić information content (AvgIpc) is 1.97. The molecule has 0 radical (unpaired) electrons. The van der Waals surface area contributed by atoms with E-state index in [1.165, 1.54) is 0 Å². The molecule has 0 aromatic rings. The highest BCUT2D eigenvalue weighted by atomic mass is 16.4. The second-order valence-electron chi connectivity index (χ2n) is 3.65. The molecule has 5 nitrogen and oxygen atoms in total. The summed E-state index contributed by atoms with van der Waals surface area (Å²) in [5, 5.41) is 17.1. The van der Waals surface area contributed by atoms with E-state index < -0.39 is 11.9 Å². The molecule has 0 atom stereocenters. The number of carbonyl (C=O) groups is 2. The fraction of sp³-hybridized carbons (Fsp3) is 0.778. The predicted molar refractivity (Wildman–Crippen MR) is 51.2 cm³/mol. The Morgan fingerprint density at radius 3 is 1.86 bits per heavy atom. The van der Waals surface area contributed by atoms with Crippen LogP contribution in [0, 0.1) is 5.92 Å². The van der Waals surface area contributed by atoms with Crippen LogP contribution in [0.15, 0.2) is 0 Å². The Morgan fingerprint density at radius 1 is 1.14 bits per heavy atom. The maximum atomic E-state index is 10.4. The maximum absolute atomic E-state index is 10.4. The van der Waals surface area contributed by atoms with Crippen LogP contribution in [0.3, 0.4) is 0 Å². The molecule has 0 spiro atoms. The van der Waals surface area contributed by atoms with Crippen molar-refractivity contribution in [2.75, 3.05) is 20.6 Å². The number of hydrogen-bond acceptors (Lipinski definition) is 3. The number of nitrogens with zero attached hydrogens (tertiary/aromatic N) is 1. The first-order chi connectivity index (χ1) is 6.41. The van der Waals surface area contributed by atoms with E-state index in [0.717, 1.165) is 0 Å². The largest absolute Gasteiger partial charge is 0.481 e. The first kappa shape index (κ1) is 12.9. The molecular weight excluding hydrogens is 186 g/mol. The lowest BCUT2D eigenvalue weighted by Crippen LogP contribution is -2.20. The lowest BCUT2D eigenvalue weighted by molar-refractivity contribution is -0.140. The SMILES string of the molecule is CN(C)CCC(CC(=O)O)CC(=O)O. The Balaban J connectivity index is 3.96. The Labute approximate surface area is 83.3 Å². The molecule has 0 aromatic carbocycles. The molecule has 0 saturated heterocycles. The van der Waals surface area contributed by atoms with Crippen LogP contribution in [0.1, 0.15) is 19.3 Å². The first-order valence-corrected chi connectivity index (χ1v) is 4.50. The Hall–Kier alpha value is -1.10. The molecule has 0 unspecified atom stereocenters. The minimum atomic E-state index is -0.935. The molecule has 0 aromatic heterocycles. The normalized spacial score (nSPS) is 10.9. The number of hydrogen-bond donors (Lipinski definition) is 2. The van der Waals surface area contributed by atoms with Gasteiger partial charge in [0.2, 0.25) is 0 Å². The van der Waals surface area contributed by atoms with E-state index in [1.54, 1.807) is 0 Å². The van der Waals surface area contributed by atoms with E-state index in [0.29, 0.717) is 13.0 Å². The molecule has 14 heavy (non-hydrogen) atoms. The highest BCUT2D eigenvalue weighted by Gasteiger charge is 2.16. The van der Waals surface area contributed by atoms with Crippen LogP contribution in [0.25, 0.3) is 0 Å². The van der Waals surface area contributed by atoms with E-state index in [2.05, 4.69) is 0 Å². The number of carboxylic acids is 2. The van der Waals surface area contributed by atoms with Gasteiger partial charge in [-0.3, -0.25) is 9.59 Å². The lowest BCUT2D eigenvalue weighted by atomic mass is 9.97. The van der Waals surface area contributed by atoms with Gasteiger partial charge < -0.3 is 15.1 Å². The van der Waals surface area contributed by atoms with Gasteiger partial charge in [-0.05, 0) is 33.0 Å². The summed E-state index contributed by atoms with van der Waals surface area (Å²) in [4.78, 5) is 22.8. The number of aliphatic carboxylic acids is 2. The third kappa shape index (κ3) is 7.54. The molecule has 0 fully saturated rings.